The second-order valence-corrected chi connectivity index (χ2v) is 5.76. The Bertz CT molecular complexity index is 566. The molecule has 114 valence electrons. The number of hydrogen-bond donors (Lipinski definition) is 3. The van der Waals surface area contributed by atoms with E-state index in [1.165, 1.54) is 6.07 Å². The van der Waals surface area contributed by atoms with Crippen LogP contribution in [0.2, 0.25) is 0 Å². The van der Waals surface area contributed by atoms with Gasteiger partial charge in [0.15, 0.2) is 0 Å². The van der Waals surface area contributed by atoms with Crippen LogP contribution >= 0.6 is 0 Å². The lowest BCUT2D eigenvalue weighted by Gasteiger charge is -2.36. The molecular formula is C15H19FN2O3. The maximum absolute atomic E-state index is 13.2. The standard InChI is InChI=1S/C15H19FN2O3/c1-9-4-6-15(7-5-9,14(20)21)18-13(19)11-8-10(16)2-3-12(11)17/h2-3,8-9H,4-7,17H2,1H3,(H,18,19)(H,20,21). The summed E-state index contributed by atoms with van der Waals surface area (Å²) in [4.78, 5) is 23.8. The molecule has 4 N–H and O–H groups in total. The first-order chi connectivity index (χ1) is 9.84. The van der Waals surface area contributed by atoms with Crippen LogP contribution in [-0.2, 0) is 4.79 Å². The molecule has 0 aromatic heterocycles. The highest BCUT2D eigenvalue weighted by Crippen LogP contribution is 2.32. The molecule has 1 fully saturated rings. The number of benzene rings is 1. The third kappa shape index (κ3) is 3.15. The van der Waals surface area contributed by atoms with Gasteiger partial charge < -0.3 is 16.2 Å². The van der Waals surface area contributed by atoms with Gasteiger partial charge >= 0.3 is 5.97 Å². The fourth-order valence-electron chi connectivity index (χ4n) is 2.66. The minimum Gasteiger partial charge on any atom is -0.480 e. The zero-order valence-corrected chi connectivity index (χ0v) is 11.9. The smallest absolute Gasteiger partial charge is 0.329 e. The average molecular weight is 294 g/mol. The number of anilines is 1. The number of carboxylic acid groups (broad SMARTS) is 1. The second kappa shape index (κ2) is 5.71. The molecule has 1 aliphatic rings. The predicted molar refractivity (Wildman–Crippen MR) is 76.3 cm³/mol. The average Bonchev–Trinajstić information content (AvgIpc) is 2.44. The van der Waals surface area contributed by atoms with Gasteiger partial charge in [-0.15, -0.1) is 0 Å². The molecular weight excluding hydrogens is 275 g/mol. The summed E-state index contributed by atoms with van der Waals surface area (Å²) in [6, 6.07) is 3.47. The van der Waals surface area contributed by atoms with Crippen molar-refractivity contribution in [2.75, 3.05) is 5.73 Å². The molecule has 0 spiro atoms. The van der Waals surface area contributed by atoms with Crippen LogP contribution in [0.15, 0.2) is 18.2 Å². The van der Waals surface area contributed by atoms with Gasteiger partial charge in [0.1, 0.15) is 11.4 Å². The maximum Gasteiger partial charge on any atom is 0.329 e. The third-order valence-corrected chi connectivity index (χ3v) is 4.15. The van der Waals surface area contributed by atoms with Crippen molar-refractivity contribution in [3.05, 3.63) is 29.6 Å². The van der Waals surface area contributed by atoms with Gasteiger partial charge in [0, 0.05) is 5.69 Å². The summed E-state index contributed by atoms with van der Waals surface area (Å²) in [5.41, 5.74) is 4.46. The lowest BCUT2D eigenvalue weighted by molar-refractivity contribution is -0.146. The van der Waals surface area contributed by atoms with E-state index >= 15 is 0 Å². The van der Waals surface area contributed by atoms with Crippen LogP contribution < -0.4 is 11.1 Å². The van der Waals surface area contributed by atoms with E-state index in [1.807, 2.05) is 0 Å². The molecule has 1 aromatic carbocycles. The zero-order chi connectivity index (χ0) is 15.6. The normalized spacial score (nSPS) is 25.3. The van der Waals surface area contributed by atoms with Crippen molar-refractivity contribution in [2.45, 2.75) is 38.1 Å². The van der Waals surface area contributed by atoms with Crippen LogP contribution in [0.1, 0.15) is 43.0 Å². The van der Waals surface area contributed by atoms with Gasteiger partial charge in [-0.1, -0.05) is 6.92 Å². The van der Waals surface area contributed by atoms with Crippen LogP contribution in [0.5, 0.6) is 0 Å². The first-order valence-corrected chi connectivity index (χ1v) is 6.95. The Morgan fingerprint density at radius 1 is 1.38 bits per heavy atom. The molecule has 6 heteroatoms. The summed E-state index contributed by atoms with van der Waals surface area (Å²) >= 11 is 0. The highest BCUT2D eigenvalue weighted by molar-refractivity contribution is 6.01. The monoisotopic (exact) mass is 294 g/mol. The van der Waals surface area contributed by atoms with Crippen LogP contribution in [0.3, 0.4) is 0 Å². The van der Waals surface area contributed by atoms with Crippen molar-refractivity contribution >= 4 is 17.6 Å². The topological polar surface area (TPSA) is 92.4 Å². The van der Waals surface area contributed by atoms with Crippen molar-refractivity contribution in [1.29, 1.82) is 0 Å². The molecule has 5 nitrogen and oxygen atoms in total. The predicted octanol–water partition coefficient (Wildman–Crippen LogP) is 2.17. The van der Waals surface area contributed by atoms with E-state index < -0.39 is 23.2 Å². The minimum atomic E-state index is -1.29. The van der Waals surface area contributed by atoms with Gasteiger partial charge in [0.2, 0.25) is 0 Å². The van der Waals surface area contributed by atoms with Gasteiger partial charge in [0.05, 0.1) is 5.56 Å². The Balaban J connectivity index is 2.23. The number of nitrogens with two attached hydrogens (primary N) is 1. The van der Waals surface area contributed by atoms with Crippen molar-refractivity contribution < 1.29 is 19.1 Å². The molecule has 1 aromatic rings. The highest BCUT2D eigenvalue weighted by atomic mass is 19.1. The molecule has 1 amide bonds. The lowest BCUT2D eigenvalue weighted by Crippen LogP contribution is -2.56. The Morgan fingerprint density at radius 2 is 2.00 bits per heavy atom. The number of nitrogens with one attached hydrogen (secondary N) is 1. The summed E-state index contributed by atoms with van der Waals surface area (Å²) in [6.07, 6.45) is 2.19. The lowest BCUT2D eigenvalue weighted by atomic mass is 9.77. The van der Waals surface area contributed by atoms with Gasteiger partial charge in [-0.2, -0.15) is 0 Å². The molecule has 0 aliphatic heterocycles. The van der Waals surface area contributed by atoms with Crippen molar-refractivity contribution in [3.63, 3.8) is 0 Å². The molecule has 21 heavy (non-hydrogen) atoms. The Labute approximate surface area is 122 Å². The third-order valence-electron chi connectivity index (χ3n) is 4.15. The van der Waals surface area contributed by atoms with E-state index in [2.05, 4.69) is 12.2 Å². The van der Waals surface area contributed by atoms with Gasteiger partial charge in [-0.3, -0.25) is 4.79 Å². The quantitative estimate of drug-likeness (QED) is 0.745. The van der Waals surface area contributed by atoms with Gasteiger partial charge in [-0.05, 0) is 49.8 Å². The van der Waals surface area contributed by atoms with E-state index in [-0.39, 0.29) is 11.3 Å². The number of halogens is 1. The number of nitrogen functional groups attached to an aromatic ring is 1. The first-order valence-electron chi connectivity index (χ1n) is 6.95. The Hall–Kier alpha value is -2.11. The largest absolute Gasteiger partial charge is 0.480 e. The van der Waals surface area contributed by atoms with Crippen LogP contribution in [0, 0.1) is 11.7 Å². The van der Waals surface area contributed by atoms with Crippen LogP contribution in [0.25, 0.3) is 0 Å². The number of amides is 1. The second-order valence-electron chi connectivity index (χ2n) is 5.76. The van der Waals surface area contributed by atoms with Gasteiger partial charge in [-0.25, -0.2) is 9.18 Å². The fourth-order valence-corrected chi connectivity index (χ4v) is 2.66. The van der Waals surface area contributed by atoms with Gasteiger partial charge in [0.25, 0.3) is 5.91 Å². The van der Waals surface area contributed by atoms with E-state index in [0.29, 0.717) is 18.8 Å². The Kier molecular flexibility index (Phi) is 4.16. The fraction of sp³-hybridized carbons (Fsp3) is 0.467. The SMILES string of the molecule is CC1CCC(NC(=O)c2cc(F)ccc2N)(C(=O)O)CC1. The number of carbonyl (C=O) groups excluding carboxylic acids is 1. The van der Waals surface area contributed by atoms with Crippen LogP contribution in [0.4, 0.5) is 10.1 Å². The van der Waals surface area contributed by atoms with E-state index in [1.54, 1.807) is 0 Å². The maximum atomic E-state index is 13.2. The minimum absolute atomic E-state index is 0.0331. The van der Waals surface area contributed by atoms with Crippen molar-refractivity contribution in [1.82, 2.24) is 5.32 Å². The van der Waals surface area contributed by atoms with E-state index in [4.69, 9.17) is 5.73 Å². The molecule has 0 bridgehead atoms. The van der Waals surface area contributed by atoms with E-state index in [9.17, 15) is 19.1 Å². The number of carbonyl (C=O) groups is 2. The number of hydrogen-bond acceptors (Lipinski definition) is 3. The molecule has 0 unspecified atom stereocenters. The summed E-state index contributed by atoms with van der Waals surface area (Å²) < 4.78 is 13.2. The van der Waals surface area contributed by atoms with E-state index in [0.717, 1.165) is 25.0 Å². The molecule has 1 aliphatic carbocycles. The molecule has 0 heterocycles. The van der Waals surface area contributed by atoms with Crippen LogP contribution in [-0.4, -0.2) is 22.5 Å². The van der Waals surface area contributed by atoms with Crippen molar-refractivity contribution in [3.8, 4) is 0 Å². The molecule has 0 saturated heterocycles. The molecule has 1 saturated carbocycles. The molecule has 0 atom stereocenters. The summed E-state index contributed by atoms with van der Waals surface area (Å²) in [7, 11) is 0. The number of carboxylic acids is 1. The molecule has 2 rings (SSSR count). The summed E-state index contributed by atoms with van der Waals surface area (Å²) in [5, 5.41) is 12.0. The summed E-state index contributed by atoms with van der Waals surface area (Å²) in [6.45, 7) is 2.05. The first kappa shape index (κ1) is 15.3. The zero-order valence-electron chi connectivity index (χ0n) is 11.9. The molecule has 0 radical (unpaired) electrons. The van der Waals surface area contributed by atoms with Crippen molar-refractivity contribution in [2.24, 2.45) is 5.92 Å². The number of rotatable bonds is 3. The Morgan fingerprint density at radius 3 is 2.57 bits per heavy atom. The number of aliphatic carboxylic acids is 1. The summed E-state index contributed by atoms with van der Waals surface area (Å²) in [5.74, 6) is -1.86. The highest BCUT2D eigenvalue weighted by Gasteiger charge is 2.42.